The van der Waals surface area contributed by atoms with Gasteiger partial charge in [-0.2, -0.15) is 4.31 Å². The molecule has 1 N–H and O–H groups in total. The molecule has 3 rings (SSSR count). The van der Waals surface area contributed by atoms with Crippen LogP contribution in [-0.4, -0.2) is 63.9 Å². The van der Waals surface area contributed by atoms with Gasteiger partial charge < -0.3 is 15.0 Å². The summed E-state index contributed by atoms with van der Waals surface area (Å²) in [4.78, 5) is 14.8. The molecule has 0 radical (unpaired) electrons. The van der Waals surface area contributed by atoms with Gasteiger partial charge in [0.1, 0.15) is 5.75 Å². The van der Waals surface area contributed by atoms with Gasteiger partial charge in [-0.15, -0.1) is 0 Å². The molecule has 1 fully saturated rings. The summed E-state index contributed by atoms with van der Waals surface area (Å²) in [6, 6.07) is 10.8. The molecule has 9 heteroatoms. The minimum atomic E-state index is -3.57. The Hall–Kier alpha value is -2.13. The molecular weight excluding hydrogens is 402 g/mol. The van der Waals surface area contributed by atoms with Crippen molar-refractivity contribution in [2.75, 3.05) is 45.7 Å². The topological polar surface area (TPSA) is 78.9 Å². The fourth-order valence-corrected chi connectivity index (χ4v) is 4.52. The van der Waals surface area contributed by atoms with Crippen LogP contribution in [0.1, 0.15) is 10.4 Å². The van der Waals surface area contributed by atoms with Gasteiger partial charge in [-0.25, -0.2) is 8.42 Å². The number of carbonyl (C=O) groups excluding carboxylic acids is 1. The second-order valence-corrected chi connectivity index (χ2v) is 8.90. The number of nitrogens with zero attached hydrogens (tertiary/aromatic N) is 2. The maximum Gasteiger partial charge on any atom is 0.255 e. The highest BCUT2D eigenvalue weighted by Crippen LogP contribution is 2.28. The van der Waals surface area contributed by atoms with Crippen molar-refractivity contribution < 1.29 is 17.9 Å². The van der Waals surface area contributed by atoms with Gasteiger partial charge in [0, 0.05) is 36.8 Å². The maximum atomic E-state index is 12.8. The van der Waals surface area contributed by atoms with E-state index in [0.29, 0.717) is 48.2 Å². The molecule has 0 spiro atoms. The lowest BCUT2D eigenvalue weighted by molar-refractivity contribution is 0.102. The number of rotatable bonds is 5. The Labute approximate surface area is 169 Å². The van der Waals surface area contributed by atoms with E-state index < -0.39 is 10.0 Å². The quantitative estimate of drug-likeness (QED) is 0.799. The zero-order valence-corrected chi connectivity index (χ0v) is 17.3. The standard InChI is InChI=1S/C19H22ClN3O4S/c1-22-9-11-23(12-10-22)28(25,26)16-6-3-14(4-7-16)19(24)21-17-13-15(20)5-8-18(17)27-2/h3-8,13H,9-12H2,1-2H3,(H,21,24). The molecule has 150 valence electrons. The first-order chi connectivity index (χ1) is 13.3. The minimum absolute atomic E-state index is 0.175. The molecule has 7 nitrogen and oxygen atoms in total. The summed E-state index contributed by atoms with van der Waals surface area (Å²) in [7, 11) is -0.104. The lowest BCUT2D eigenvalue weighted by Gasteiger charge is -2.31. The lowest BCUT2D eigenvalue weighted by Crippen LogP contribution is -2.47. The normalized spacial score (nSPS) is 16.0. The Kier molecular flexibility index (Phi) is 6.24. The fourth-order valence-electron chi connectivity index (χ4n) is 2.93. The van der Waals surface area contributed by atoms with Crippen LogP contribution in [0.5, 0.6) is 5.75 Å². The van der Waals surface area contributed by atoms with Gasteiger partial charge in [-0.05, 0) is 49.5 Å². The number of hydrogen-bond donors (Lipinski definition) is 1. The molecule has 1 amide bonds. The van der Waals surface area contributed by atoms with Gasteiger partial charge in [-0.3, -0.25) is 4.79 Å². The molecule has 1 saturated heterocycles. The molecule has 0 bridgehead atoms. The summed E-state index contributed by atoms with van der Waals surface area (Å²) in [5, 5.41) is 3.19. The highest BCUT2D eigenvalue weighted by molar-refractivity contribution is 7.89. The number of nitrogens with one attached hydrogen (secondary N) is 1. The summed E-state index contributed by atoms with van der Waals surface area (Å²) in [6.45, 7) is 2.30. The summed E-state index contributed by atoms with van der Waals surface area (Å²) >= 11 is 5.98. The number of amides is 1. The van der Waals surface area contributed by atoms with Crippen LogP contribution in [0.2, 0.25) is 5.02 Å². The molecule has 2 aromatic carbocycles. The van der Waals surface area contributed by atoms with Crippen LogP contribution in [0, 0.1) is 0 Å². The summed E-state index contributed by atoms with van der Waals surface area (Å²) in [5.41, 5.74) is 0.772. The second-order valence-electron chi connectivity index (χ2n) is 6.53. The van der Waals surface area contributed by atoms with E-state index in [4.69, 9.17) is 16.3 Å². The predicted molar refractivity (Wildman–Crippen MR) is 109 cm³/mol. The third-order valence-electron chi connectivity index (χ3n) is 4.63. The van der Waals surface area contributed by atoms with Crippen LogP contribution in [0.3, 0.4) is 0 Å². The van der Waals surface area contributed by atoms with Crippen LogP contribution in [0.15, 0.2) is 47.4 Å². The molecule has 1 aliphatic rings. The molecular formula is C19H22ClN3O4S. The Morgan fingerprint density at radius 3 is 2.32 bits per heavy atom. The van der Waals surface area contributed by atoms with Crippen molar-refractivity contribution in [3.63, 3.8) is 0 Å². The van der Waals surface area contributed by atoms with Gasteiger partial charge in [0.2, 0.25) is 10.0 Å². The number of anilines is 1. The number of benzene rings is 2. The summed E-state index contributed by atoms with van der Waals surface area (Å²) in [6.07, 6.45) is 0. The van der Waals surface area contributed by atoms with E-state index >= 15 is 0 Å². The first kappa shape index (κ1) is 20.6. The molecule has 0 unspecified atom stereocenters. The zero-order chi connectivity index (χ0) is 20.3. The minimum Gasteiger partial charge on any atom is -0.495 e. The van der Waals surface area contributed by atoms with Gasteiger partial charge in [-0.1, -0.05) is 11.6 Å². The van der Waals surface area contributed by atoms with Crippen LogP contribution in [0.25, 0.3) is 0 Å². The molecule has 0 aliphatic carbocycles. The Morgan fingerprint density at radius 1 is 1.07 bits per heavy atom. The van der Waals surface area contributed by atoms with Gasteiger partial charge in [0.05, 0.1) is 17.7 Å². The molecule has 1 aliphatic heterocycles. The number of carbonyl (C=O) groups is 1. The van der Waals surface area contributed by atoms with Crippen LogP contribution in [-0.2, 0) is 10.0 Å². The third kappa shape index (κ3) is 4.47. The Bertz CT molecular complexity index is 956. The molecule has 28 heavy (non-hydrogen) atoms. The van der Waals surface area contributed by atoms with Crippen molar-refractivity contribution in [3.05, 3.63) is 53.1 Å². The first-order valence-corrected chi connectivity index (χ1v) is 10.6. The van der Waals surface area contributed by atoms with Crippen molar-refractivity contribution in [2.24, 2.45) is 0 Å². The number of ether oxygens (including phenoxy) is 1. The molecule has 0 saturated carbocycles. The number of sulfonamides is 1. The van der Waals surface area contributed by atoms with Crippen molar-refractivity contribution in [1.82, 2.24) is 9.21 Å². The highest BCUT2D eigenvalue weighted by Gasteiger charge is 2.27. The fraction of sp³-hybridized carbons (Fsp3) is 0.316. The highest BCUT2D eigenvalue weighted by atomic mass is 35.5. The van der Waals surface area contributed by atoms with E-state index in [-0.39, 0.29) is 10.8 Å². The number of methoxy groups -OCH3 is 1. The van der Waals surface area contributed by atoms with Crippen LogP contribution < -0.4 is 10.1 Å². The third-order valence-corrected chi connectivity index (χ3v) is 6.77. The number of halogens is 1. The average Bonchev–Trinajstić information content (AvgIpc) is 2.68. The van der Waals surface area contributed by atoms with Crippen molar-refractivity contribution in [3.8, 4) is 5.75 Å². The average molecular weight is 424 g/mol. The van der Waals surface area contributed by atoms with E-state index in [1.807, 2.05) is 7.05 Å². The first-order valence-electron chi connectivity index (χ1n) is 8.75. The molecule has 1 heterocycles. The number of likely N-dealkylation sites (N-methyl/N-ethyl adjacent to an activating group) is 1. The molecule has 0 atom stereocenters. The summed E-state index contributed by atoms with van der Waals surface area (Å²) in [5.74, 6) is 0.0936. The van der Waals surface area contributed by atoms with Crippen molar-refractivity contribution in [2.45, 2.75) is 4.90 Å². The Balaban J connectivity index is 1.75. The smallest absolute Gasteiger partial charge is 0.255 e. The van der Waals surface area contributed by atoms with Gasteiger partial charge in [0.15, 0.2) is 0 Å². The maximum absolute atomic E-state index is 12.8. The number of piperazine rings is 1. The van der Waals surface area contributed by atoms with Gasteiger partial charge >= 0.3 is 0 Å². The monoisotopic (exact) mass is 423 g/mol. The van der Waals surface area contributed by atoms with E-state index in [9.17, 15) is 13.2 Å². The predicted octanol–water partition coefficient (Wildman–Crippen LogP) is 2.54. The van der Waals surface area contributed by atoms with Crippen molar-refractivity contribution >= 4 is 33.2 Å². The summed E-state index contributed by atoms with van der Waals surface area (Å²) < 4.78 is 32.2. The van der Waals surface area contributed by atoms with Crippen LogP contribution in [0.4, 0.5) is 5.69 Å². The lowest BCUT2D eigenvalue weighted by atomic mass is 10.2. The zero-order valence-electron chi connectivity index (χ0n) is 15.7. The van der Waals surface area contributed by atoms with Crippen molar-refractivity contribution in [1.29, 1.82) is 0 Å². The van der Waals surface area contributed by atoms with E-state index in [1.54, 1.807) is 18.2 Å². The van der Waals surface area contributed by atoms with Gasteiger partial charge in [0.25, 0.3) is 5.91 Å². The van der Waals surface area contributed by atoms with E-state index in [0.717, 1.165) is 0 Å². The molecule has 2 aromatic rings. The Morgan fingerprint density at radius 2 is 1.71 bits per heavy atom. The van der Waals surface area contributed by atoms with Crippen LogP contribution >= 0.6 is 11.6 Å². The second kappa shape index (κ2) is 8.48. The largest absolute Gasteiger partial charge is 0.495 e. The van der Waals surface area contributed by atoms with E-state index in [1.165, 1.54) is 35.7 Å². The van der Waals surface area contributed by atoms with E-state index in [2.05, 4.69) is 10.2 Å². The molecule has 0 aromatic heterocycles. The SMILES string of the molecule is COc1ccc(Cl)cc1NC(=O)c1ccc(S(=O)(=O)N2CCN(C)CC2)cc1. The number of hydrogen-bond acceptors (Lipinski definition) is 5.